The van der Waals surface area contributed by atoms with Gasteiger partial charge in [0.05, 0.1) is 18.8 Å². The second-order valence-electron chi connectivity index (χ2n) is 4.18. The zero-order chi connectivity index (χ0) is 12.7. The highest BCUT2D eigenvalue weighted by molar-refractivity contribution is 5.39. The molecule has 1 aromatic carbocycles. The van der Waals surface area contributed by atoms with E-state index in [4.69, 9.17) is 15.2 Å². The number of nitrogens with two attached hydrogens (primary N) is 1. The summed E-state index contributed by atoms with van der Waals surface area (Å²) in [5.41, 5.74) is 4.56. The molecule has 1 rings (SSSR count). The summed E-state index contributed by atoms with van der Waals surface area (Å²) in [7, 11) is 0. The Bertz CT molecular complexity index is 339. The number of ether oxygens (including phenoxy) is 2. The molecule has 3 N–H and O–H groups in total. The summed E-state index contributed by atoms with van der Waals surface area (Å²) in [4.78, 5) is 0. The van der Waals surface area contributed by atoms with Crippen LogP contribution in [-0.2, 0) is 0 Å². The summed E-state index contributed by atoms with van der Waals surface area (Å²) in [6.45, 7) is 4.86. The number of para-hydroxylation sites is 2. The average molecular weight is 239 g/mol. The van der Waals surface area contributed by atoms with Gasteiger partial charge in [0.1, 0.15) is 0 Å². The van der Waals surface area contributed by atoms with Crippen LogP contribution in [0.25, 0.3) is 0 Å². The Morgan fingerprint density at radius 1 is 1.24 bits per heavy atom. The van der Waals surface area contributed by atoms with Gasteiger partial charge in [-0.3, -0.25) is 0 Å². The summed E-state index contributed by atoms with van der Waals surface area (Å²) in [6.07, 6.45) is 0.490. The third-order valence-electron chi connectivity index (χ3n) is 2.49. The summed E-state index contributed by atoms with van der Waals surface area (Å²) in [5.74, 6) is 1.42. The molecule has 0 aromatic heterocycles. The van der Waals surface area contributed by atoms with Crippen LogP contribution < -0.4 is 15.2 Å². The second kappa shape index (κ2) is 6.47. The average Bonchev–Trinajstić information content (AvgIpc) is 2.31. The van der Waals surface area contributed by atoms with Crippen LogP contribution in [0.2, 0.25) is 0 Å². The minimum Gasteiger partial charge on any atom is -0.490 e. The first-order chi connectivity index (χ1) is 8.09. The van der Waals surface area contributed by atoms with Crippen molar-refractivity contribution in [2.24, 2.45) is 5.73 Å². The molecule has 0 aliphatic heterocycles. The second-order valence-corrected chi connectivity index (χ2v) is 4.18. The van der Waals surface area contributed by atoms with Crippen LogP contribution in [0.1, 0.15) is 20.3 Å². The molecule has 0 aliphatic rings. The fourth-order valence-corrected chi connectivity index (χ4v) is 1.33. The van der Waals surface area contributed by atoms with E-state index in [9.17, 15) is 5.11 Å². The zero-order valence-electron chi connectivity index (χ0n) is 10.5. The Hall–Kier alpha value is -1.26. The molecule has 0 fully saturated rings. The van der Waals surface area contributed by atoms with E-state index < -0.39 is 5.60 Å². The lowest BCUT2D eigenvalue weighted by molar-refractivity contribution is 0.0449. The van der Waals surface area contributed by atoms with Crippen LogP contribution in [0.15, 0.2) is 24.3 Å². The summed E-state index contributed by atoms with van der Waals surface area (Å²) < 4.78 is 11.0. The Balaban J connectivity index is 2.51. The highest BCUT2D eigenvalue weighted by atomic mass is 16.5. The standard InChI is InChI=1S/C13H21NO3/c1-3-16-11-6-4-5-7-12(11)17-9-8-13(2,15)10-14/h4-7,15H,3,8-10,14H2,1-2H3. The largest absolute Gasteiger partial charge is 0.490 e. The number of rotatable bonds is 7. The zero-order valence-corrected chi connectivity index (χ0v) is 10.5. The van der Waals surface area contributed by atoms with Crippen molar-refractivity contribution in [3.63, 3.8) is 0 Å². The van der Waals surface area contributed by atoms with Crippen molar-refractivity contribution in [1.82, 2.24) is 0 Å². The van der Waals surface area contributed by atoms with E-state index >= 15 is 0 Å². The SMILES string of the molecule is CCOc1ccccc1OCCC(C)(O)CN. The maximum Gasteiger partial charge on any atom is 0.161 e. The minimum atomic E-state index is -0.874. The van der Waals surface area contributed by atoms with Crippen LogP contribution in [0, 0.1) is 0 Å². The predicted molar refractivity (Wildman–Crippen MR) is 67.4 cm³/mol. The molecule has 1 aromatic rings. The fraction of sp³-hybridized carbons (Fsp3) is 0.538. The highest BCUT2D eigenvalue weighted by Crippen LogP contribution is 2.26. The van der Waals surface area contributed by atoms with E-state index in [1.54, 1.807) is 6.92 Å². The van der Waals surface area contributed by atoms with Crippen molar-refractivity contribution < 1.29 is 14.6 Å². The van der Waals surface area contributed by atoms with Crippen LogP contribution in [-0.4, -0.2) is 30.5 Å². The van der Waals surface area contributed by atoms with E-state index in [0.717, 1.165) is 5.75 Å². The first-order valence-corrected chi connectivity index (χ1v) is 5.86. The third kappa shape index (κ3) is 4.63. The molecule has 4 nitrogen and oxygen atoms in total. The Kier molecular flexibility index (Phi) is 5.25. The smallest absolute Gasteiger partial charge is 0.161 e. The van der Waals surface area contributed by atoms with Gasteiger partial charge in [-0.2, -0.15) is 0 Å². The number of hydrogen-bond donors (Lipinski definition) is 2. The molecule has 0 amide bonds. The third-order valence-corrected chi connectivity index (χ3v) is 2.49. The van der Waals surface area contributed by atoms with E-state index in [1.807, 2.05) is 31.2 Å². The van der Waals surface area contributed by atoms with Crippen LogP contribution in [0.3, 0.4) is 0 Å². The molecule has 0 saturated carbocycles. The van der Waals surface area contributed by atoms with Gasteiger partial charge in [-0.1, -0.05) is 12.1 Å². The minimum absolute atomic E-state index is 0.226. The van der Waals surface area contributed by atoms with Crippen LogP contribution in [0.5, 0.6) is 11.5 Å². The topological polar surface area (TPSA) is 64.7 Å². The van der Waals surface area contributed by atoms with Gasteiger partial charge < -0.3 is 20.3 Å². The molecule has 17 heavy (non-hydrogen) atoms. The first-order valence-electron chi connectivity index (χ1n) is 5.86. The lowest BCUT2D eigenvalue weighted by Crippen LogP contribution is -2.35. The molecular weight excluding hydrogens is 218 g/mol. The quantitative estimate of drug-likeness (QED) is 0.758. The maximum absolute atomic E-state index is 9.74. The molecule has 0 heterocycles. The molecule has 0 aliphatic carbocycles. The van der Waals surface area contributed by atoms with Gasteiger partial charge in [-0.05, 0) is 26.0 Å². The number of hydrogen-bond acceptors (Lipinski definition) is 4. The molecule has 0 spiro atoms. The van der Waals surface area contributed by atoms with Crippen molar-refractivity contribution in [2.45, 2.75) is 25.9 Å². The van der Waals surface area contributed by atoms with E-state index in [0.29, 0.717) is 25.4 Å². The fourth-order valence-electron chi connectivity index (χ4n) is 1.33. The lowest BCUT2D eigenvalue weighted by Gasteiger charge is -2.21. The maximum atomic E-state index is 9.74. The Morgan fingerprint density at radius 3 is 2.35 bits per heavy atom. The molecule has 4 heteroatoms. The van der Waals surface area contributed by atoms with Gasteiger partial charge >= 0.3 is 0 Å². The van der Waals surface area contributed by atoms with Gasteiger partial charge in [0, 0.05) is 13.0 Å². The molecular formula is C13H21NO3. The Morgan fingerprint density at radius 2 is 1.82 bits per heavy atom. The summed E-state index contributed by atoms with van der Waals surface area (Å²) in [5, 5.41) is 9.74. The van der Waals surface area contributed by atoms with Gasteiger partial charge in [0.15, 0.2) is 11.5 Å². The van der Waals surface area contributed by atoms with E-state index in [-0.39, 0.29) is 6.54 Å². The van der Waals surface area contributed by atoms with Crippen molar-refractivity contribution in [3.8, 4) is 11.5 Å². The van der Waals surface area contributed by atoms with Crippen molar-refractivity contribution in [2.75, 3.05) is 19.8 Å². The van der Waals surface area contributed by atoms with Crippen LogP contribution >= 0.6 is 0 Å². The highest BCUT2D eigenvalue weighted by Gasteiger charge is 2.18. The number of benzene rings is 1. The van der Waals surface area contributed by atoms with Crippen molar-refractivity contribution in [3.05, 3.63) is 24.3 Å². The Labute approximate surface area is 102 Å². The first kappa shape index (κ1) is 13.8. The predicted octanol–water partition coefficient (Wildman–Crippen LogP) is 1.56. The normalized spacial score (nSPS) is 14.1. The summed E-state index contributed by atoms with van der Waals surface area (Å²) in [6, 6.07) is 7.49. The monoisotopic (exact) mass is 239 g/mol. The molecule has 0 saturated heterocycles. The van der Waals surface area contributed by atoms with Gasteiger partial charge in [-0.15, -0.1) is 0 Å². The molecule has 0 bridgehead atoms. The van der Waals surface area contributed by atoms with Gasteiger partial charge in [0.2, 0.25) is 0 Å². The molecule has 96 valence electrons. The number of aliphatic hydroxyl groups is 1. The molecule has 0 radical (unpaired) electrons. The van der Waals surface area contributed by atoms with Gasteiger partial charge in [-0.25, -0.2) is 0 Å². The van der Waals surface area contributed by atoms with Crippen molar-refractivity contribution >= 4 is 0 Å². The molecule has 1 atom stereocenters. The van der Waals surface area contributed by atoms with Crippen molar-refractivity contribution in [1.29, 1.82) is 0 Å². The van der Waals surface area contributed by atoms with E-state index in [1.165, 1.54) is 0 Å². The van der Waals surface area contributed by atoms with E-state index in [2.05, 4.69) is 0 Å². The van der Waals surface area contributed by atoms with Gasteiger partial charge in [0.25, 0.3) is 0 Å². The molecule has 1 unspecified atom stereocenters. The van der Waals surface area contributed by atoms with Crippen LogP contribution in [0.4, 0.5) is 0 Å². The lowest BCUT2D eigenvalue weighted by atomic mass is 10.0. The summed E-state index contributed by atoms with van der Waals surface area (Å²) >= 11 is 0.